The topological polar surface area (TPSA) is 158 Å². The molecule has 0 radical (unpaired) electrons. The number of sulfonamides is 1. The van der Waals surface area contributed by atoms with Gasteiger partial charge in [0.05, 0.1) is 11.5 Å². The average Bonchev–Trinajstić information content (AvgIpc) is 2.95. The first-order valence-electron chi connectivity index (χ1n) is 13.8. The second-order valence-electron chi connectivity index (χ2n) is 10.7. The van der Waals surface area contributed by atoms with Gasteiger partial charge in [-0.15, -0.1) is 0 Å². The van der Waals surface area contributed by atoms with E-state index < -0.39 is 47.0 Å². The highest BCUT2D eigenvalue weighted by atomic mass is 32.2. The van der Waals surface area contributed by atoms with E-state index in [-0.39, 0.29) is 22.8 Å². The van der Waals surface area contributed by atoms with Crippen LogP contribution in [0.25, 0.3) is 21.7 Å². The van der Waals surface area contributed by atoms with Crippen LogP contribution in [-0.4, -0.2) is 60.4 Å². The summed E-state index contributed by atoms with van der Waals surface area (Å²) >= 11 is 0. The summed E-state index contributed by atoms with van der Waals surface area (Å²) in [6.45, 7) is 5.20. The van der Waals surface area contributed by atoms with Crippen molar-refractivity contribution >= 4 is 50.6 Å². The first kappa shape index (κ1) is 31.1. The fraction of sp³-hybridized carbons (Fsp3) is 0.300. The predicted molar refractivity (Wildman–Crippen MR) is 163 cm³/mol. The highest BCUT2D eigenvalue weighted by Crippen LogP contribution is 2.23. The molecule has 2 amide bonds. The molecule has 0 aliphatic carbocycles. The molecule has 5 N–H and O–H groups in total. The number of amides is 2. The van der Waals surface area contributed by atoms with E-state index in [0.717, 1.165) is 16.3 Å². The van der Waals surface area contributed by atoms with Crippen LogP contribution in [0.1, 0.15) is 32.8 Å². The number of nitrogens with zero attached hydrogens (tertiary/aromatic N) is 1. The first-order chi connectivity index (χ1) is 20.0. The molecular formula is C30H35BN4O6S. The van der Waals surface area contributed by atoms with Crippen LogP contribution < -0.4 is 15.4 Å². The Labute approximate surface area is 245 Å². The van der Waals surface area contributed by atoms with Gasteiger partial charge < -0.3 is 20.7 Å². The molecule has 0 saturated heterocycles. The Morgan fingerprint density at radius 2 is 1.52 bits per heavy atom. The molecule has 42 heavy (non-hydrogen) atoms. The lowest BCUT2D eigenvalue weighted by molar-refractivity contribution is -0.129. The highest BCUT2D eigenvalue weighted by molar-refractivity contribution is 7.89. The van der Waals surface area contributed by atoms with E-state index in [1.807, 2.05) is 56.3 Å². The van der Waals surface area contributed by atoms with Crippen LogP contribution in [0.3, 0.4) is 0 Å². The van der Waals surface area contributed by atoms with Crippen molar-refractivity contribution in [1.29, 1.82) is 0 Å². The maximum Gasteiger partial charge on any atom is 0.475 e. The monoisotopic (exact) mass is 590 g/mol. The van der Waals surface area contributed by atoms with E-state index in [1.165, 1.54) is 19.2 Å². The Morgan fingerprint density at radius 1 is 0.857 bits per heavy atom. The van der Waals surface area contributed by atoms with E-state index in [4.69, 9.17) is 0 Å². The molecule has 0 unspecified atom stereocenters. The van der Waals surface area contributed by atoms with Crippen molar-refractivity contribution in [3.05, 3.63) is 84.6 Å². The molecule has 12 heteroatoms. The number of aromatic nitrogens is 1. The molecule has 4 rings (SSSR count). The summed E-state index contributed by atoms with van der Waals surface area (Å²) in [7, 11) is -6.02. The largest absolute Gasteiger partial charge is 0.475 e. The molecule has 220 valence electrons. The fourth-order valence-electron chi connectivity index (χ4n) is 4.87. The summed E-state index contributed by atoms with van der Waals surface area (Å²) in [6.07, 6.45) is 1.81. The van der Waals surface area contributed by atoms with Crippen molar-refractivity contribution in [3.63, 3.8) is 0 Å². The molecule has 0 aliphatic rings. The van der Waals surface area contributed by atoms with Crippen molar-refractivity contribution < 1.29 is 28.1 Å². The van der Waals surface area contributed by atoms with Crippen LogP contribution >= 0.6 is 0 Å². The zero-order valence-corrected chi connectivity index (χ0v) is 24.5. The van der Waals surface area contributed by atoms with E-state index in [2.05, 4.69) is 20.3 Å². The Balaban J connectivity index is 1.63. The van der Waals surface area contributed by atoms with Gasteiger partial charge in [-0.2, -0.15) is 4.72 Å². The number of carbonyl (C=O) groups excluding carboxylic acids is 2. The summed E-state index contributed by atoms with van der Waals surface area (Å²) in [5.41, 5.74) is 1.01. The normalized spacial score (nSPS) is 14.0. The number of nitrogens with one attached hydrogen (secondary N) is 3. The molecule has 10 nitrogen and oxygen atoms in total. The Morgan fingerprint density at radius 3 is 2.26 bits per heavy atom. The van der Waals surface area contributed by atoms with Crippen molar-refractivity contribution in [3.8, 4) is 0 Å². The third-order valence-electron chi connectivity index (χ3n) is 6.97. The highest BCUT2D eigenvalue weighted by Gasteiger charge is 2.32. The van der Waals surface area contributed by atoms with Crippen LogP contribution in [0.5, 0.6) is 0 Å². The summed E-state index contributed by atoms with van der Waals surface area (Å²) < 4.78 is 29.9. The minimum atomic E-state index is -4.24. The van der Waals surface area contributed by atoms with Gasteiger partial charge in [-0.05, 0) is 54.2 Å². The van der Waals surface area contributed by atoms with E-state index in [1.54, 1.807) is 24.3 Å². The van der Waals surface area contributed by atoms with Gasteiger partial charge in [0.15, 0.2) is 0 Å². The van der Waals surface area contributed by atoms with E-state index >= 15 is 0 Å². The van der Waals surface area contributed by atoms with Crippen molar-refractivity contribution in [2.24, 2.45) is 5.92 Å². The second kappa shape index (κ2) is 13.4. The van der Waals surface area contributed by atoms with Crippen molar-refractivity contribution in [1.82, 2.24) is 20.3 Å². The zero-order chi connectivity index (χ0) is 30.4. The summed E-state index contributed by atoms with van der Waals surface area (Å²) in [4.78, 5) is 30.7. The number of pyridine rings is 1. The van der Waals surface area contributed by atoms with Crippen LogP contribution in [0, 0.1) is 5.92 Å². The number of hydrogen-bond donors (Lipinski definition) is 5. The third kappa shape index (κ3) is 7.51. The van der Waals surface area contributed by atoms with Crippen LogP contribution in [0.4, 0.5) is 0 Å². The molecule has 1 heterocycles. The maximum absolute atomic E-state index is 13.7. The standard InChI is InChI=1S/C30H35BN4O6S/c1-19(2)17-27(31(38)39)34-29(36)20(3)33-30(37)25(18-23-12-6-10-21-9-4-5-14-24(21)23)35-42(40,41)26-15-7-11-22-13-8-16-32-28(22)26/h4-16,19-20,25,27,35,38-39H,17-18H2,1-3H3,(H,33,37)(H,34,36)/t20-,25-,27-/m0/s1. The van der Waals surface area contributed by atoms with Gasteiger partial charge in [0.25, 0.3) is 0 Å². The minimum Gasteiger partial charge on any atom is -0.426 e. The Hall–Kier alpha value is -3.84. The van der Waals surface area contributed by atoms with Crippen LogP contribution in [0.15, 0.2) is 83.9 Å². The number of rotatable bonds is 12. The second-order valence-corrected chi connectivity index (χ2v) is 12.4. The molecule has 0 spiro atoms. The minimum absolute atomic E-state index is 0.00424. The van der Waals surface area contributed by atoms with Gasteiger partial charge in [-0.3, -0.25) is 14.6 Å². The number of carbonyl (C=O) groups is 2. The molecule has 3 aromatic carbocycles. The van der Waals surface area contributed by atoms with Crippen molar-refractivity contribution in [2.45, 2.75) is 56.5 Å². The predicted octanol–water partition coefficient (Wildman–Crippen LogP) is 2.33. The SMILES string of the molecule is CC(C)C[C@H](NC(=O)[C@H](C)NC(=O)[C@H](Cc1cccc2ccccc12)NS(=O)(=O)c1cccc2cccnc12)B(O)O. The Bertz CT molecular complexity index is 1670. The average molecular weight is 591 g/mol. The van der Waals surface area contributed by atoms with Gasteiger partial charge in [-0.25, -0.2) is 8.42 Å². The van der Waals surface area contributed by atoms with E-state index in [9.17, 15) is 28.1 Å². The number of para-hydroxylation sites is 1. The summed E-state index contributed by atoms with van der Waals surface area (Å²) in [5, 5.41) is 27.0. The molecule has 0 aliphatic heterocycles. The first-order valence-corrected chi connectivity index (χ1v) is 15.2. The zero-order valence-electron chi connectivity index (χ0n) is 23.7. The van der Waals surface area contributed by atoms with Gasteiger partial charge in [0, 0.05) is 11.6 Å². The van der Waals surface area contributed by atoms with Gasteiger partial charge in [0.1, 0.15) is 17.0 Å². The lowest BCUT2D eigenvalue weighted by atomic mass is 9.75. The maximum atomic E-state index is 13.7. The van der Waals surface area contributed by atoms with Gasteiger partial charge in [0.2, 0.25) is 21.8 Å². The number of fused-ring (bicyclic) bond motifs is 2. The van der Waals surface area contributed by atoms with E-state index in [0.29, 0.717) is 11.8 Å². The van der Waals surface area contributed by atoms with Gasteiger partial charge in [-0.1, -0.05) is 74.5 Å². The quantitative estimate of drug-likeness (QED) is 0.159. The van der Waals surface area contributed by atoms with Gasteiger partial charge >= 0.3 is 7.12 Å². The van der Waals surface area contributed by atoms with Crippen LogP contribution in [0.2, 0.25) is 0 Å². The lowest BCUT2D eigenvalue weighted by Crippen LogP contribution is -2.56. The molecular weight excluding hydrogens is 555 g/mol. The summed E-state index contributed by atoms with van der Waals surface area (Å²) in [6, 6.07) is 19.0. The Kier molecular flexibility index (Phi) is 9.95. The number of benzene rings is 3. The van der Waals surface area contributed by atoms with Crippen molar-refractivity contribution in [2.75, 3.05) is 0 Å². The van der Waals surface area contributed by atoms with Crippen LogP contribution in [-0.2, 0) is 26.0 Å². The number of hydrogen-bond acceptors (Lipinski definition) is 7. The fourth-order valence-corrected chi connectivity index (χ4v) is 6.25. The molecule has 4 aromatic rings. The summed E-state index contributed by atoms with van der Waals surface area (Å²) in [5.74, 6) is -2.20. The molecule has 0 bridgehead atoms. The molecule has 0 fully saturated rings. The smallest absolute Gasteiger partial charge is 0.426 e. The molecule has 0 saturated carbocycles. The lowest BCUT2D eigenvalue weighted by Gasteiger charge is -2.24. The third-order valence-corrected chi connectivity index (χ3v) is 8.47. The molecule has 3 atom stereocenters. The molecule has 1 aromatic heterocycles.